The lowest BCUT2D eigenvalue weighted by Crippen LogP contribution is -2.36. The highest BCUT2D eigenvalue weighted by Crippen LogP contribution is 2.05. The molecule has 1 N–H and O–H groups in total. The summed E-state index contributed by atoms with van der Waals surface area (Å²) in [6, 6.07) is 1.21. The third kappa shape index (κ3) is 3.54. The quantitative estimate of drug-likeness (QED) is 0.728. The van der Waals surface area contributed by atoms with Crippen molar-refractivity contribution < 1.29 is 4.74 Å². The lowest BCUT2D eigenvalue weighted by molar-refractivity contribution is 0.188. The molecule has 1 aliphatic rings. The Hall–Kier alpha value is 0.400. The zero-order chi connectivity index (χ0) is 8.10. The van der Waals surface area contributed by atoms with Crippen LogP contribution in [0.4, 0.5) is 0 Å². The fourth-order valence-electron chi connectivity index (χ4n) is 1.32. The van der Waals surface area contributed by atoms with Gasteiger partial charge in [-0.1, -0.05) is 15.9 Å². The number of alkyl halides is 1. The molecular weight excluding hydrogens is 206 g/mol. The van der Waals surface area contributed by atoms with Gasteiger partial charge in [0.05, 0.1) is 6.61 Å². The van der Waals surface area contributed by atoms with E-state index in [-0.39, 0.29) is 0 Å². The molecule has 0 aromatic heterocycles. The Labute approximate surface area is 76.8 Å². The fraction of sp³-hybridized carbons (Fsp3) is 1.00. The van der Waals surface area contributed by atoms with Crippen LogP contribution in [0.2, 0.25) is 0 Å². The van der Waals surface area contributed by atoms with Gasteiger partial charge in [0.1, 0.15) is 0 Å². The first-order valence-electron chi connectivity index (χ1n) is 4.22. The van der Waals surface area contributed by atoms with E-state index in [1.54, 1.807) is 0 Å². The van der Waals surface area contributed by atoms with E-state index in [4.69, 9.17) is 4.74 Å². The van der Waals surface area contributed by atoms with E-state index < -0.39 is 0 Å². The van der Waals surface area contributed by atoms with E-state index in [1.807, 2.05) is 0 Å². The summed E-state index contributed by atoms with van der Waals surface area (Å²) in [5.74, 6) is 0. The van der Waals surface area contributed by atoms with Crippen molar-refractivity contribution in [2.75, 3.05) is 18.5 Å². The summed E-state index contributed by atoms with van der Waals surface area (Å²) < 4.78 is 5.26. The van der Waals surface area contributed by atoms with Crippen LogP contribution in [0.15, 0.2) is 0 Å². The first-order valence-corrected chi connectivity index (χ1v) is 5.35. The summed E-state index contributed by atoms with van der Waals surface area (Å²) in [6.07, 6.45) is 2.36. The Bertz CT molecular complexity index is 104. The summed E-state index contributed by atoms with van der Waals surface area (Å²) in [5.41, 5.74) is 0. The highest BCUT2D eigenvalue weighted by molar-refractivity contribution is 9.09. The number of halogens is 1. The minimum absolute atomic E-state index is 0.601. The van der Waals surface area contributed by atoms with Crippen LogP contribution >= 0.6 is 15.9 Å². The van der Waals surface area contributed by atoms with E-state index in [0.717, 1.165) is 18.5 Å². The van der Waals surface area contributed by atoms with Crippen LogP contribution in [-0.2, 0) is 4.74 Å². The Morgan fingerprint density at radius 1 is 1.73 bits per heavy atom. The van der Waals surface area contributed by atoms with Gasteiger partial charge >= 0.3 is 0 Å². The van der Waals surface area contributed by atoms with Crippen LogP contribution in [0.1, 0.15) is 19.8 Å². The number of ether oxygens (including phenoxy) is 1. The molecule has 66 valence electrons. The van der Waals surface area contributed by atoms with Crippen molar-refractivity contribution in [3.05, 3.63) is 0 Å². The lowest BCUT2D eigenvalue weighted by Gasteiger charge is -2.16. The average molecular weight is 222 g/mol. The molecule has 2 unspecified atom stereocenters. The summed E-state index contributed by atoms with van der Waals surface area (Å²) in [5, 5.41) is 4.60. The van der Waals surface area contributed by atoms with Crippen molar-refractivity contribution in [1.29, 1.82) is 0 Å². The normalized spacial score (nSPS) is 27.3. The maximum absolute atomic E-state index is 5.26. The topological polar surface area (TPSA) is 21.3 Å². The maximum Gasteiger partial charge on any atom is 0.0620 e. The predicted molar refractivity (Wildman–Crippen MR) is 50.2 cm³/mol. The van der Waals surface area contributed by atoms with Gasteiger partial charge in [-0.25, -0.2) is 0 Å². The average Bonchev–Trinajstić information content (AvgIpc) is 2.40. The molecule has 0 aromatic rings. The Morgan fingerprint density at radius 2 is 2.55 bits per heavy atom. The molecule has 1 heterocycles. The van der Waals surface area contributed by atoms with E-state index in [9.17, 15) is 0 Å². The molecule has 1 fully saturated rings. The largest absolute Gasteiger partial charge is 0.380 e. The van der Waals surface area contributed by atoms with Gasteiger partial charge in [0.2, 0.25) is 0 Å². The van der Waals surface area contributed by atoms with Crippen molar-refractivity contribution in [2.45, 2.75) is 31.8 Å². The first kappa shape index (κ1) is 9.49. The van der Waals surface area contributed by atoms with Gasteiger partial charge in [-0.15, -0.1) is 0 Å². The van der Waals surface area contributed by atoms with E-state index in [1.165, 1.54) is 12.8 Å². The molecule has 3 heteroatoms. The Morgan fingerprint density at radius 3 is 3.09 bits per heavy atom. The van der Waals surface area contributed by atoms with Crippen molar-refractivity contribution in [3.8, 4) is 0 Å². The van der Waals surface area contributed by atoms with Crippen molar-refractivity contribution in [1.82, 2.24) is 5.32 Å². The highest BCUT2D eigenvalue weighted by atomic mass is 79.9. The molecule has 0 bridgehead atoms. The highest BCUT2D eigenvalue weighted by Gasteiger charge is 2.16. The van der Waals surface area contributed by atoms with Gasteiger partial charge in [-0.05, 0) is 19.8 Å². The number of hydrogen-bond donors (Lipinski definition) is 1. The third-order valence-corrected chi connectivity index (χ3v) is 2.45. The van der Waals surface area contributed by atoms with Crippen LogP contribution in [0.25, 0.3) is 0 Å². The Kier molecular flexibility index (Phi) is 4.41. The van der Waals surface area contributed by atoms with E-state index >= 15 is 0 Å². The van der Waals surface area contributed by atoms with Crippen molar-refractivity contribution in [3.63, 3.8) is 0 Å². The fourth-order valence-corrected chi connectivity index (χ4v) is 2.00. The molecule has 2 atom stereocenters. The molecule has 2 nitrogen and oxygen atoms in total. The SMILES string of the molecule is CC(CCBr)NC1CCOC1. The lowest BCUT2D eigenvalue weighted by atomic mass is 10.2. The zero-order valence-corrected chi connectivity index (χ0v) is 8.56. The van der Waals surface area contributed by atoms with Gasteiger partial charge in [-0.3, -0.25) is 0 Å². The van der Waals surface area contributed by atoms with Crippen molar-refractivity contribution in [2.24, 2.45) is 0 Å². The maximum atomic E-state index is 5.26. The number of hydrogen-bond acceptors (Lipinski definition) is 2. The summed E-state index contributed by atoms with van der Waals surface area (Å²) in [4.78, 5) is 0. The second-order valence-corrected chi connectivity index (χ2v) is 3.90. The molecule has 0 aromatic carbocycles. The molecular formula is C8H16BrNO. The molecule has 0 amide bonds. The Balaban J connectivity index is 2.08. The smallest absolute Gasteiger partial charge is 0.0620 e. The number of rotatable bonds is 4. The summed E-state index contributed by atoms with van der Waals surface area (Å²) in [6.45, 7) is 4.05. The minimum atomic E-state index is 0.601. The van der Waals surface area contributed by atoms with Gasteiger partial charge in [-0.2, -0.15) is 0 Å². The predicted octanol–water partition coefficient (Wildman–Crippen LogP) is 1.54. The zero-order valence-electron chi connectivity index (χ0n) is 6.98. The number of nitrogens with one attached hydrogen (secondary N) is 1. The van der Waals surface area contributed by atoms with Crippen LogP contribution in [0.5, 0.6) is 0 Å². The van der Waals surface area contributed by atoms with Crippen LogP contribution in [0.3, 0.4) is 0 Å². The van der Waals surface area contributed by atoms with E-state index in [0.29, 0.717) is 12.1 Å². The molecule has 0 aliphatic carbocycles. The standard InChI is InChI=1S/C8H16BrNO/c1-7(2-4-9)10-8-3-5-11-6-8/h7-8,10H,2-6H2,1H3. The monoisotopic (exact) mass is 221 g/mol. The van der Waals surface area contributed by atoms with Gasteiger partial charge < -0.3 is 10.1 Å². The van der Waals surface area contributed by atoms with Crippen LogP contribution < -0.4 is 5.32 Å². The minimum Gasteiger partial charge on any atom is -0.380 e. The molecule has 0 radical (unpaired) electrons. The van der Waals surface area contributed by atoms with Gasteiger partial charge in [0.15, 0.2) is 0 Å². The molecule has 1 rings (SSSR count). The second-order valence-electron chi connectivity index (χ2n) is 3.11. The molecule has 11 heavy (non-hydrogen) atoms. The first-order chi connectivity index (χ1) is 5.33. The van der Waals surface area contributed by atoms with E-state index in [2.05, 4.69) is 28.2 Å². The molecule has 0 saturated carbocycles. The molecule has 1 saturated heterocycles. The van der Waals surface area contributed by atoms with Crippen LogP contribution in [-0.4, -0.2) is 30.6 Å². The van der Waals surface area contributed by atoms with Crippen molar-refractivity contribution >= 4 is 15.9 Å². The van der Waals surface area contributed by atoms with Gasteiger partial charge in [0, 0.05) is 24.0 Å². The third-order valence-electron chi connectivity index (χ3n) is 1.99. The molecule has 1 aliphatic heterocycles. The molecule has 0 spiro atoms. The second kappa shape index (κ2) is 5.12. The summed E-state index contributed by atoms with van der Waals surface area (Å²) >= 11 is 3.43. The van der Waals surface area contributed by atoms with Gasteiger partial charge in [0.25, 0.3) is 0 Å². The summed E-state index contributed by atoms with van der Waals surface area (Å²) in [7, 11) is 0. The van der Waals surface area contributed by atoms with Crippen LogP contribution in [0, 0.1) is 0 Å².